The summed E-state index contributed by atoms with van der Waals surface area (Å²) < 4.78 is 13.7. The second-order valence-corrected chi connectivity index (χ2v) is 10.9. The Balaban J connectivity index is -0.000000242. The van der Waals surface area contributed by atoms with Crippen molar-refractivity contribution in [2.75, 3.05) is 33.4 Å². The SMILES string of the molecule is C=C(C)C(=O)OC.C=C(C)C(=O)OCC(C)O.C=C(C)C(=O)OCCNC(C)(C)C.C=CC(=O)NCCCCCCCC. The van der Waals surface area contributed by atoms with Crippen LogP contribution in [0.1, 0.15) is 93.9 Å². The van der Waals surface area contributed by atoms with Crippen LogP contribution in [-0.4, -0.2) is 74.0 Å². The standard InChI is InChI=1S/C11H21NO.C10H19NO2.C7H12O3.C5H8O2/c1-3-5-6-7-8-9-10-12-11(13)4-2;1-8(2)9(12)13-7-6-11-10(3,4)5;1-5(2)7(9)10-4-6(3)8;1-4(2)5(6)7-3/h4H,2-3,5-10H2,1H3,(H,12,13);11H,1,6-7H2,2-5H3;6,8H,1,4H2,2-3H3;1H2,2-3H3. The summed E-state index contributed by atoms with van der Waals surface area (Å²) in [5.41, 5.74) is 1.29. The van der Waals surface area contributed by atoms with Gasteiger partial charge in [-0.05, 0) is 61.0 Å². The van der Waals surface area contributed by atoms with Gasteiger partial charge in [-0.3, -0.25) is 4.79 Å². The number of aliphatic hydroxyl groups is 1. The molecule has 0 spiro atoms. The number of esters is 3. The van der Waals surface area contributed by atoms with Crippen LogP contribution in [0.2, 0.25) is 0 Å². The van der Waals surface area contributed by atoms with Gasteiger partial charge in [-0.25, -0.2) is 14.4 Å². The average molecular weight is 613 g/mol. The van der Waals surface area contributed by atoms with Crippen LogP contribution in [0.3, 0.4) is 0 Å². The first-order valence-electron chi connectivity index (χ1n) is 14.6. The van der Waals surface area contributed by atoms with Crippen LogP contribution >= 0.6 is 0 Å². The highest BCUT2D eigenvalue weighted by atomic mass is 16.5. The van der Waals surface area contributed by atoms with Crippen LogP contribution < -0.4 is 10.6 Å². The molecule has 0 saturated heterocycles. The number of carbonyl (C=O) groups is 4. The molecular formula is C33H60N2O8. The topological polar surface area (TPSA) is 140 Å². The van der Waals surface area contributed by atoms with E-state index in [4.69, 9.17) is 9.84 Å². The molecule has 0 fully saturated rings. The van der Waals surface area contributed by atoms with Gasteiger partial charge in [-0.2, -0.15) is 0 Å². The smallest absolute Gasteiger partial charge is 0.333 e. The first-order valence-corrected chi connectivity index (χ1v) is 14.6. The fourth-order valence-electron chi connectivity index (χ4n) is 2.38. The second-order valence-electron chi connectivity index (χ2n) is 10.9. The van der Waals surface area contributed by atoms with Crippen molar-refractivity contribution in [3.8, 4) is 0 Å². The Labute approximate surface area is 261 Å². The quantitative estimate of drug-likeness (QED) is 0.0909. The Hall–Kier alpha value is -3.24. The number of hydrogen-bond donors (Lipinski definition) is 3. The van der Waals surface area contributed by atoms with Crippen molar-refractivity contribution in [2.45, 2.75) is 106 Å². The number of methoxy groups -OCH3 is 1. The third kappa shape index (κ3) is 43.3. The van der Waals surface area contributed by atoms with Gasteiger partial charge in [0.1, 0.15) is 13.2 Å². The maximum Gasteiger partial charge on any atom is 0.333 e. The average Bonchev–Trinajstić information content (AvgIpc) is 2.92. The lowest BCUT2D eigenvalue weighted by Crippen LogP contribution is -2.38. The van der Waals surface area contributed by atoms with Crippen molar-refractivity contribution >= 4 is 23.8 Å². The lowest BCUT2D eigenvalue weighted by Gasteiger charge is -2.20. The van der Waals surface area contributed by atoms with E-state index in [0.717, 1.165) is 13.0 Å². The van der Waals surface area contributed by atoms with E-state index in [1.165, 1.54) is 45.3 Å². The minimum absolute atomic E-state index is 0.0334. The third-order valence-corrected chi connectivity index (χ3v) is 4.69. The van der Waals surface area contributed by atoms with Crippen LogP contribution in [0.5, 0.6) is 0 Å². The van der Waals surface area contributed by atoms with Gasteiger partial charge < -0.3 is 30.0 Å². The fraction of sp³-hybridized carbons (Fsp3) is 0.636. The highest BCUT2D eigenvalue weighted by molar-refractivity contribution is 5.87. The molecule has 10 nitrogen and oxygen atoms in total. The summed E-state index contributed by atoms with van der Waals surface area (Å²) in [6.07, 6.45) is 8.25. The number of unbranched alkanes of at least 4 members (excludes halogenated alkanes) is 5. The van der Waals surface area contributed by atoms with Gasteiger partial charge in [0.25, 0.3) is 0 Å². The molecule has 0 aromatic carbocycles. The molecule has 0 aromatic heterocycles. The maximum absolute atomic E-state index is 10.9. The molecule has 0 aromatic rings. The number of aliphatic hydroxyl groups excluding tert-OH is 1. The summed E-state index contributed by atoms with van der Waals surface area (Å²) >= 11 is 0. The van der Waals surface area contributed by atoms with Crippen LogP contribution in [0.25, 0.3) is 0 Å². The summed E-state index contributed by atoms with van der Waals surface area (Å²) in [5, 5.41) is 14.7. The van der Waals surface area contributed by atoms with E-state index >= 15 is 0 Å². The lowest BCUT2D eigenvalue weighted by molar-refractivity contribution is -0.141. The Kier molecular flexibility index (Phi) is 32.8. The van der Waals surface area contributed by atoms with Gasteiger partial charge in [0.05, 0.1) is 13.2 Å². The van der Waals surface area contributed by atoms with Crippen molar-refractivity contribution in [3.05, 3.63) is 49.1 Å². The molecule has 1 unspecified atom stereocenters. The van der Waals surface area contributed by atoms with Crippen molar-refractivity contribution < 1.29 is 38.5 Å². The Morgan fingerprint density at radius 2 is 1.28 bits per heavy atom. The molecule has 1 atom stereocenters. The molecule has 0 saturated carbocycles. The zero-order chi connectivity index (χ0) is 34.4. The maximum atomic E-state index is 10.9. The second kappa shape index (κ2) is 30.2. The van der Waals surface area contributed by atoms with Gasteiger partial charge >= 0.3 is 17.9 Å². The molecule has 0 heterocycles. The van der Waals surface area contributed by atoms with Crippen LogP contribution in [0, 0.1) is 0 Å². The largest absolute Gasteiger partial charge is 0.466 e. The Bertz CT molecular complexity index is 842. The highest BCUT2D eigenvalue weighted by Crippen LogP contribution is 2.04. The zero-order valence-corrected chi connectivity index (χ0v) is 28.4. The van der Waals surface area contributed by atoms with E-state index in [2.05, 4.69) is 74.1 Å². The molecule has 43 heavy (non-hydrogen) atoms. The molecule has 1 amide bonds. The van der Waals surface area contributed by atoms with E-state index in [1.54, 1.807) is 27.7 Å². The third-order valence-electron chi connectivity index (χ3n) is 4.69. The molecule has 0 aliphatic rings. The van der Waals surface area contributed by atoms with Crippen LogP contribution in [0.15, 0.2) is 49.1 Å². The van der Waals surface area contributed by atoms with Gasteiger partial charge in [0.15, 0.2) is 0 Å². The van der Waals surface area contributed by atoms with Gasteiger partial charge in [-0.1, -0.05) is 65.3 Å². The monoisotopic (exact) mass is 612 g/mol. The number of nitrogens with one attached hydrogen (secondary N) is 2. The van der Waals surface area contributed by atoms with Crippen LogP contribution in [-0.2, 0) is 33.4 Å². The fourth-order valence-corrected chi connectivity index (χ4v) is 2.38. The zero-order valence-electron chi connectivity index (χ0n) is 28.4. The highest BCUT2D eigenvalue weighted by Gasteiger charge is 2.08. The summed E-state index contributed by atoms with van der Waals surface area (Å²) in [6, 6.07) is 0. The van der Waals surface area contributed by atoms with Crippen molar-refractivity contribution in [2.24, 2.45) is 0 Å². The molecule has 0 bridgehead atoms. The summed E-state index contributed by atoms with van der Waals surface area (Å²) in [4.78, 5) is 42.4. The van der Waals surface area contributed by atoms with E-state index in [1.807, 2.05) is 0 Å². The first kappa shape index (κ1) is 46.7. The van der Waals surface area contributed by atoms with E-state index < -0.39 is 12.1 Å². The van der Waals surface area contributed by atoms with Crippen LogP contribution in [0.4, 0.5) is 0 Å². The number of carbonyl (C=O) groups excluding carboxylic acids is 4. The predicted octanol–water partition coefficient (Wildman–Crippen LogP) is 5.36. The van der Waals surface area contributed by atoms with Crippen molar-refractivity contribution in [3.63, 3.8) is 0 Å². The summed E-state index contributed by atoms with van der Waals surface area (Å²) in [6.45, 7) is 30.2. The molecule has 3 N–H and O–H groups in total. The molecular weight excluding hydrogens is 552 g/mol. The number of hydrogen-bond acceptors (Lipinski definition) is 9. The molecule has 0 rings (SSSR count). The van der Waals surface area contributed by atoms with Crippen molar-refractivity contribution in [1.29, 1.82) is 0 Å². The lowest BCUT2D eigenvalue weighted by atomic mass is 10.1. The number of ether oxygens (including phenoxy) is 3. The van der Waals surface area contributed by atoms with Gasteiger partial charge in [0.2, 0.25) is 5.91 Å². The van der Waals surface area contributed by atoms with E-state index in [0.29, 0.717) is 29.9 Å². The van der Waals surface area contributed by atoms with Gasteiger partial charge in [0, 0.05) is 35.3 Å². The summed E-state index contributed by atoms with van der Waals surface area (Å²) in [7, 11) is 1.33. The van der Waals surface area contributed by atoms with E-state index in [-0.39, 0.29) is 30.0 Å². The molecule has 0 radical (unpaired) electrons. The minimum atomic E-state index is -0.608. The molecule has 10 heteroatoms. The molecule has 0 aliphatic carbocycles. The minimum Gasteiger partial charge on any atom is -0.466 e. The summed E-state index contributed by atoms with van der Waals surface area (Å²) in [5.74, 6) is -1.19. The van der Waals surface area contributed by atoms with E-state index in [9.17, 15) is 19.2 Å². The molecule has 0 aliphatic heterocycles. The number of amides is 1. The normalized spacial score (nSPS) is 10.4. The molecule has 250 valence electrons. The predicted molar refractivity (Wildman–Crippen MR) is 174 cm³/mol. The first-order chi connectivity index (χ1) is 19.9. The van der Waals surface area contributed by atoms with Crippen molar-refractivity contribution in [1.82, 2.24) is 10.6 Å². The Morgan fingerprint density at radius 1 is 0.814 bits per heavy atom. The van der Waals surface area contributed by atoms with Gasteiger partial charge in [-0.15, -0.1) is 0 Å². The Morgan fingerprint density at radius 3 is 1.65 bits per heavy atom. The number of rotatable bonds is 16.